The van der Waals surface area contributed by atoms with Gasteiger partial charge < -0.3 is 4.74 Å². The number of nitrogens with one attached hydrogen (secondary N) is 1. The summed E-state index contributed by atoms with van der Waals surface area (Å²) in [7, 11) is -3.73. The van der Waals surface area contributed by atoms with Crippen LogP contribution in [0.2, 0.25) is 0 Å². The first-order chi connectivity index (χ1) is 16.3. The van der Waals surface area contributed by atoms with Crippen molar-refractivity contribution in [3.8, 4) is 5.75 Å². The fraction of sp³-hybridized carbons (Fsp3) is 0.583. The number of piperidine rings is 1. The van der Waals surface area contributed by atoms with E-state index in [1.165, 1.54) is 6.07 Å². The molecule has 10 heteroatoms. The number of halogens is 1. The van der Waals surface area contributed by atoms with Crippen LogP contribution < -0.4 is 9.46 Å². The van der Waals surface area contributed by atoms with Crippen molar-refractivity contribution in [3.05, 3.63) is 45.2 Å². The van der Waals surface area contributed by atoms with Crippen LogP contribution in [-0.4, -0.2) is 49.2 Å². The van der Waals surface area contributed by atoms with Crippen molar-refractivity contribution in [2.45, 2.75) is 63.2 Å². The second kappa shape index (κ2) is 9.54. The Balaban J connectivity index is 1.20. The highest BCUT2D eigenvalue weighted by Gasteiger charge is 2.38. The number of thiazole rings is 1. The number of rotatable bonds is 9. The highest BCUT2D eigenvalue weighted by atomic mass is 32.2. The normalized spacial score (nSPS) is 19.8. The molecule has 7 nitrogen and oxygen atoms in total. The summed E-state index contributed by atoms with van der Waals surface area (Å²) in [6.45, 7) is 5.34. The molecular weight excluding hydrogens is 477 g/mol. The SMILES string of the molecule is Cc1nc(CN2CCC(COc3ccc(C(=O)NS(=O)(=O)C4CC4)c(F)c3C3CC3)CC2)cs1. The van der Waals surface area contributed by atoms with Crippen LogP contribution in [0.25, 0.3) is 0 Å². The fourth-order valence-electron chi connectivity index (χ4n) is 4.50. The molecule has 1 N–H and O–H groups in total. The topological polar surface area (TPSA) is 88.6 Å². The summed E-state index contributed by atoms with van der Waals surface area (Å²) < 4.78 is 47.7. The second-order valence-electron chi connectivity index (χ2n) is 9.68. The lowest BCUT2D eigenvalue weighted by atomic mass is 9.97. The van der Waals surface area contributed by atoms with E-state index in [0.717, 1.165) is 56.0 Å². The number of aromatic nitrogens is 1. The molecule has 0 radical (unpaired) electrons. The number of hydrogen-bond acceptors (Lipinski definition) is 7. The third-order valence-electron chi connectivity index (χ3n) is 6.80. The molecule has 1 aromatic heterocycles. The van der Waals surface area contributed by atoms with Crippen LogP contribution >= 0.6 is 11.3 Å². The predicted molar refractivity (Wildman–Crippen MR) is 128 cm³/mol. The van der Waals surface area contributed by atoms with Gasteiger partial charge in [0, 0.05) is 17.5 Å². The zero-order chi connectivity index (χ0) is 23.9. The number of hydrogen-bond donors (Lipinski definition) is 1. The molecule has 5 rings (SSSR count). The Hall–Kier alpha value is -2.04. The van der Waals surface area contributed by atoms with Crippen molar-refractivity contribution in [3.63, 3.8) is 0 Å². The van der Waals surface area contributed by atoms with Crippen LogP contribution in [0.1, 0.15) is 71.1 Å². The van der Waals surface area contributed by atoms with Crippen LogP contribution in [0.5, 0.6) is 5.75 Å². The Bertz CT molecular complexity index is 1170. The van der Waals surface area contributed by atoms with Gasteiger partial charge in [-0.05, 0) is 82.5 Å². The zero-order valence-electron chi connectivity index (χ0n) is 19.3. The van der Waals surface area contributed by atoms with E-state index in [9.17, 15) is 13.2 Å². The fourth-order valence-corrected chi connectivity index (χ4v) is 6.40. The second-order valence-corrected chi connectivity index (χ2v) is 12.7. The molecule has 34 heavy (non-hydrogen) atoms. The average molecular weight is 508 g/mol. The minimum absolute atomic E-state index is 0.0196. The Morgan fingerprint density at radius 1 is 1.21 bits per heavy atom. The highest BCUT2D eigenvalue weighted by molar-refractivity contribution is 7.91. The van der Waals surface area contributed by atoms with E-state index >= 15 is 4.39 Å². The molecule has 1 amide bonds. The van der Waals surface area contributed by atoms with Gasteiger partial charge in [0.25, 0.3) is 5.91 Å². The average Bonchev–Trinajstić information content (AvgIpc) is 3.71. The monoisotopic (exact) mass is 507 g/mol. The molecule has 2 heterocycles. The first-order valence-corrected chi connectivity index (χ1v) is 14.4. The van der Waals surface area contributed by atoms with Gasteiger partial charge in [0.1, 0.15) is 11.6 Å². The summed E-state index contributed by atoms with van der Waals surface area (Å²) in [6, 6.07) is 2.96. The van der Waals surface area contributed by atoms with Gasteiger partial charge in [-0.3, -0.25) is 9.69 Å². The van der Waals surface area contributed by atoms with E-state index in [1.54, 1.807) is 17.4 Å². The smallest absolute Gasteiger partial charge is 0.267 e. The molecule has 0 unspecified atom stereocenters. The summed E-state index contributed by atoms with van der Waals surface area (Å²) in [5.41, 5.74) is 1.30. The molecule has 0 spiro atoms. The van der Waals surface area contributed by atoms with Crippen LogP contribution in [0, 0.1) is 18.7 Å². The van der Waals surface area contributed by atoms with Crippen LogP contribution in [-0.2, 0) is 16.6 Å². The molecular formula is C24H30FN3O4S2. The van der Waals surface area contributed by atoms with Gasteiger partial charge in [0.15, 0.2) is 0 Å². The number of amides is 1. The molecule has 2 aromatic rings. The maximum atomic E-state index is 15.3. The van der Waals surface area contributed by atoms with Gasteiger partial charge in [-0.25, -0.2) is 22.5 Å². The van der Waals surface area contributed by atoms with E-state index < -0.39 is 27.0 Å². The molecule has 2 saturated carbocycles. The number of ether oxygens (including phenoxy) is 1. The van der Waals surface area contributed by atoms with Crippen molar-refractivity contribution in [2.24, 2.45) is 5.92 Å². The largest absolute Gasteiger partial charge is 0.493 e. The van der Waals surface area contributed by atoms with Crippen molar-refractivity contribution in [2.75, 3.05) is 19.7 Å². The highest BCUT2D eigenvalue weighted by Crippen LogP contribution is 2.46. The van der Waals surface area contributed by atoms with Crippen molar-refractivity contribution in [1.29, 1.82) is 0 Å². The standard InChI is InChI=1S/C24H30FN3O4S2/c1-15-26-18(14-33-15)12-28-10-8-16(9-11-28)13-32-21-7-6-20(23(25)22(21)17-2-3-17)24(29)27-34(30,31)19-4-5-19/h6-7,14,16-17,19H,2-5,8-13H2,1H3,(H,27,29). The minimum Gasteiger partial charge on any atom is -0.493 e. The Morgan fingerprint density at radius 2 is 1.94 bits per heavy atom. The summed E-state index contributed by atoms with van der Waals surface area (Å²) >= 11 is 1.68. The lowest BCUT2D eigenvalue weighted by Crippen LogP contribution is -2.35. The van der Waals surface area contributed by atoms with Crippen LogP contribution in [0.15, 0.2) is 17.5 Å². The summed E-state index contributed by atoms with van der Waals surface area (Å²) in [6.07, 6.45) is 4.76. The Kier molecular flexibility index (Phi) is 6.65. The number of likely N-dealkylation sites (tertiary alicyclic amines) is 1. The number of carbonyl (C=O) groups excluding carboxylic acids is 1. The minimum atomic E-state index is -3.73. The van der Waals surface area contributed by atoms with Gasteiger partial charge >= 0.3 is 0 Å². The van der Waals surface area contributed by atoms with E-state index in [1.807, 2.05) is 11.6 Å². The molecule has 1 aromatic carbocycles. The molecule has 3 fully saturated rings. The van der Waals surface area contributed by atoms with E-state index in [4.69, 9.17) is 4.74 Å². The summed E-state index contributed by atoms with van der Waals surface area (Å²) in [5.74, 6) is -0.680. The number of nitrogens with zero attached hydrogens (tertiary/aromatic N) is 2. The molecule has 0 atom stereocenters. The molecule has 3 aliphatic rings. The van der Waals surface area contributed by atoms with Crippen molar-refractivity contribution in [1.82, 2.24) is 14.6 Å². The van der Waals surface area contributed by atoms with Gasteiger partial charge in [0.05, 0.1) is 28.1 Å². The summed E-state index contributed by atoms with van der Waals surface area (Å²) in [4.78, 5) is 19.5. The molecule has 1 saturated heterocycles. The van der Waals surface area contributed by atoms with E-state index in [2.05, 4.69) is 15.3 Å². The predicted octanol–water partition coefficient (Wildman–Crippen LogP) is 3.98. The molecule has 1 aliphatic heterocycles. The lowest BCUT2D eigenvalue weighted by Gasteiger charge is -2.31. The van der Waals surface area contributed by atoms with Gasteiger partial charge in [-0.1, -0.05) is 0 Å². The molecule has 184 valence electrons. The number of sulfonamides is 1. The quantitative estimate of drug-likeness (QED) is 0.552. The molecule has 2 aliphatic carbocycles. The molecule has 0 bridgehead atoms. The number of benzene rings is 1. The third-order valence-corrected chi connectivity index (χ3v) is 9.44. The Morgan fingerprint density at radius 3 is 2.56 bits per heavy atom. The maximum Gasteiger partial charge on any atom is 0.267 e. The number of carbonyl (C=O) groups is 1. The lowest BCUT2D eigenvalue weighted by molar-refractivity contribution is 0.0977. The van der Waals surface area contributed by atoms with Crippen LogP contribution in [0.3, 0.4) is 0 Å². The van der Waals surface area contributed by atoms with E-state index in [0.29, 0.717) is 36.7 Å². The third kappa shape index (κ3) is 5.44. The van der Waals surface area contributed by atoms with E-state index in [-0.39, 0.29) is 11.5 Å². The zero-order valence-corrected chi connectivity index (χ0v) is 20.9. The first kappa shape index (κ1) is 23.7. The van der Waals surface area contributed by atoms with Gasteiger partial charge in [-0.2, -0.15) is 0 Å². The Labute approximate surface area is 203 Å². The van der Waals surface area contributed by atoms with Crippen molar-refractivity contribution < 1.29 is 22.3 Å². The summed E-state index contributed by atoms with van der Waals surface area (Å²) in [5, 5.41) is 2.66. The van der Waals surface area contributed by atoms with Gasteiger partial charge in [-0.15, -0.1) is 11.3 Å². The number of aryl methyl sites for hydroxylation is 1. The van der Waals surface area contributed by atoms with Crippen molar-refractivity contribution >= 4 is 27.3 Å². The first-order valence-electron chi connectivity index (χ1n) is 11.9. The maximum absolute atomic E-state index is 15.3. The van der Waals surface area contributed by atoms with Crippen LogP contribution in [0.4, 0.5) is 4.39 Å². The van der Waals surface area contributed by atoms with Gasteiger partial charge in [0.2, 0.25) is 10.0 Å².